The Balaban J connectivity index is 1.77. The molecule has 4 rings (SSSR count). The summed E-state index contributed by atoms with van der Waals surface area (Å²) in [5.74, 6) is 1.19. The molecular weight excluding hydrogens is 306 g/mol. The monoisotopic (exact) mass is 319 g/mol. The Labute approximate surface area is 136 Å². The van der Waals surface area contributed by atoms with E-state index in [9.17, 15) is 0 Å². The van der Waals surface area contributed by atoms with Crippen LogP contribution in [0.25, 0.3) is 16.9 Å². The quantitative estimate of drug-likeness (QED) is 0.586. The molecule has 0 aliphatic carbocycles. The number of hydrogen-bond acceptors (Lipinski definition) is 8. The fourth-order valence-electron chi connectivity index (χ4n) is 2.28. The van der Waals surface area contributed by atoms with E-state index in [1.54, 1.807) is 13.2 Å². The summed E-state index contributed by atoms with van der Waals surface area (Å²) >= 11 is 0. The molecule has 4 aromatic rings. The second-order valence-electron chi connectivity index (χ2n) is 4.87. The largest absolute Gasteiger partial charge is 0.357 e. The number of nitrogens with one attached hydrogen (secondary N) is 2. The lowest BCUT2D eigenvalue weighted by atomic mass is 10.2. The van der Waals surface area contributed by atoms with Crippen molar-refractivity contribution in [2.24, 2.45) is 0 Å². The first-order valence-corrected chi connectivity index (χ1v) is 7.23. The van der Waals surface area contributed by atoms with E-state index in [0.29, 0.717) is 17.8 Å². The lowest BCUT2D eigenvalue weighted by Gasteiger charge is -2.10. The summed E-state index contributed by atoms with van der Waals surface area (Å²) in [4.78, 5) is 21.3. The van der Waals surface area contributed by atoms with Gasteiger partial charge in [0.05, 0.1) is 11.2 Å². The molecule has 9 nitrogen and oxygen atoms in total. The number of hydrogen-bond donors (Lipinski definition) is 2. The smallest absolute Gasteiger partial charge is 0.258 e. The van der Waals surface area contributed by atoms with Gasteiger partial charge in [0.25, 0.3) is 5.95 Å². The molecule has 3 aromatic heterocycles. The number of pyridine rings is 1. The van der Waals surface area contributed by atoms with Crippen LogP contribution in [0.15, 0.2) is 49.2 Å². The van der Waals surface area contributed by atoms with Gasteiger partial charge in [-0.25, -0.2) is 4.98 Å². The molecule has 0 saturated carbocycles. The van der Waals surface area contributed by atoms with Crippen LogP contribution in [0.2, 0.25) is 0 Å². The van der Waals surface area contributed by atoms with Crippen LogP contribution in [-0.2, 0) is 0 Å². The highest BCUT2D eigenvalue weighted by Gasteiger charge is 2.09. The molecule has 0 aliphatic heterocycles. The molecule has 2 N–H and O–H groups in total. The molecule has 0 saturated heterocycles. The highest BCUT2D eigenvalue weighted by Crippen LogP contribution is 2.24. The van der Waals surface area contributed by atoms with Gasteiger partial charge in [-0.05, 0) is 24.3 Å². The third-order valence-corrected chi connectivity index (χ3v) is 3.36. The molecule has 0 radical (unpaired) electrons. The standard InChI is InChI=1S/C15H13N9/c1-16-13-21-14(23-15(22-13)24-9-17-8-19-24)20-12-6-2-5-11-10(12)4-3-7-18-11/h2-9H,1H3,(H2,16,20,21,22,23). The average Bonchev–Trinajstić information content (AvgIpc) is 3.16. The van der Waals surface area contributed by atoms with E-state index in [1.165, 1.54) is 17.3 Å². The fraction of sp³-hybridized carbons (Fsp3) is 0.0667. The van der Waals surface area contributed by atoms with Crippen LogP contribution in [0, 0.1) is 0 Å². The van der Waals surface area contributed by atoms with Gasteiger partial charge in [-0.1, -0.05) is 6.07 Å². The van der Waals surface area contributed by atoms with E-state index < -0.39 is 0 Å². The highest BCUT2D eigenvalue weighted by atomic mass is 15.4. The van der Waals surface area contributed by atoms with E-state index in [0.717, 1.165) is 16.6 Å². The van der Waals surface area contributed by atoms with Gasteiger partial charge in [0.15, 0.2) is 0 Å². The molecule has 0 unspecified atom stereocenters. The molecular formula is C15H13N9. The van der Waals surface area contributed by atoms with Crippen LogP contribution < -0.4 is 10.6 Å². The Morgan fingerprint density at radius 2 is 1.92 bits per heavy atom. The minimum absolute atomic E-state index is 0.368. The van der Waals surface area contributed by atoms with Crippen molar-refractivity contribution in [2.45, 2.75) is 0 Å². The van der Waals surface area contributed by atoms with Gasteiger partial charge in [0.1, 0.15) is 12.7 Å². The number of benzene rings is 1. The maximum Gasteiger partial charge on any atom is 0.258 e. The van der Waals surface area contributed by atoms with Gasteiger partial charge < -0.3 is 10.6 Å². The summed E-state index contributed by atoms with van der Waals surface area (Å²) in [6.07, 6.45) is 4.71. The highest BCUT2D eigenvalue weighted by molar-refractivity contribution is 5.92. The lowest BCUT2D eigenvalue weighted by molar-refractivity contribution is 0.798. The third kappa shape index (κ3) is 2.58. The van der Waals surface area contributed by atoms with E-state index >= 15 is 0 Å². The van der Waals surface area contributed by atoms with Crippen molar-refractivity contribution in [1.82, 2.24) is 34.7 Å². The maximum atomic E-state index is 4.39. The molecule has 118 valence electrons. The molecule has 0 bridgehead atoms. The SMILES string of the molecule is CNc1nc(Nc2cccc3ncccc23)nc(-n2cncn2)n1. The topological polar surface area (TPSA) is 106 Å². The zero-order valence-electron chi connectivity index (χ0n) is 12.7. The molecule has 0 aliphatic rings. The van der Waals surface area contributed by atoms with Crippen LogP contribution in [0.1, 0.15) is 0 Å². The first-order chi connectivity index (χ1) is 11.8. The lowest BCUT2D eigenvalue weighted by Crippen LogP contribution is -2.09. The second-order valence-corrected chi connectivity index (χ2v) is 4.87. The van der Waals surface area contributed by atoms with E-state index in [-0.39, 0.29) is 0 Å². The van der Waals surface area contributed by atoms with Crippen LogP contribution in [-0.4, -0.2) is 41.7 Å². The van der Waals surface area contributed by atoms with Crippen molar-refractivity contribution in [2.75, 3.05) is 17.7 Å². The van der Waals surface area contributed by atoms with Crippen LogP contribution in [0.5, 0.6) is 0 Å². The number of fused-ring (bicyclic) bond motifs is 1. The van der Waals surface area contributed by atoms with Crippen LogP contribution in [0.3, 0.4) is 0 Å². The predicted octanol–water partition coefficient (Wildman–Crippen LogP) is 1.79. The number of rotatable bonds is 4. The van der Waals surface area contributed by atoms with Crippen molar-refractivity contribution in [1.29, 1.82) is 0 Å². The summed E-state index contributed by atoms with van der Waals surface area (Å²) in [5.41, 5.74) is 1.75. The molecule has 0 amide bonds. The van der Waals surface area contributed by atoms with Crippen molar-refractivity contribution in [3.63, 3.8) is 0 Å². The Morgan fingerprint density at radius 1 is 1.00 bits per heavy atom. The predicted molar refractivity (Wildman–Crippen MR) is 89.3 cm³/mol. The molecule has 0 spiro atoms. The molecule has 0 fully saturated rings. The van der Waals surface area contributed by atoms with Gasteiger partial charge in [0, 0.05) is 18.6 Å². The molecule has 0 atom stereocenters. The molecule has 9 heteroatoms. The normalized spacial score (nSPS) is 10.7. The minimum atomic E-state index is 0.368. The Morgan fingerprint density at radius 3 is 2.75 bits per heavy atom. The van der Waals surface area contributed by atoms with E-state index in [1.807, 2.05) is 30.3 Å². The zero-order chi connectivity index (χ0) is 16.4. The summed E-state index contributed by atoms with van der Waals surface area (Å²) in [5, 5.41) is 11.2. The van der Waals surface area contributed by atoms with Crippen LogP contribution >= 0.6 is 0 Å². The summed E-state index contributed by atoms with van der Waals surface area (Å²) in [6, 6.07) is 9.70. The van der Waals surface area contributed by atoms with Gasteiger partial charge in [-0.2, -0.15) is 24.7 Å². The van der Waals surface area contributed by atoms with Gasteiger partial charge in [-0.15, -0.1) is 0 Å². The summed E-state index contributed by atoms with van der Waals surface area (Å²) in [6.45, 7) is 0. The fourth-order valence-corrected chi connectivity index (χ4v) is 2.28. The second kappa shape index (κ2) is 5.88. The van der Waals surface area contributed by atoms with Gasteiger partial charge >= 0.3 is 0 Å². The van der Waals surface area contributed by atoms with Crippen molar-refractivity contribution in [3.8, 4) is 5.95 Å². The van der Waals surface area contributed by atoms with E-state index in [4.69, 9.17) is 0 Å². The summed E-state index contributed by atoms with van der Waals surface area (Å²) in [7, 11) is 1.74. The van der Waals surface area contributed by atoms with Gasteiger partial charge in [0.2, 0.25) is 11.9 Å². The Bertz CT molecular complexity index is 976. The van der Waals surface area contributed by atoms with Crippen molar-refractivity contribution in [3.05, 3.63) is 49.2 Å². The average molecular weight is 319 g/mol. The van der Waals surface area contributed by atoms with Crippen molar-refractivity contribution < 1.29 is 0 Å². The minimum Gasteiger partial charge on any atom is -0.357 e. The zero-order valence-corrected chi connectivity index (χ0v) is 12.7. The number of anilines is 3. The van der Waals surface area contributed by atoms with Crippen molar-refractivity contribution >= 4 is 28.5 Å². The van der Waals surface area contributed by atoms with E-state index in [2.05, 4.69) is 40.7 Å². The van der Waals surface area contributed by atoms with Crippen LogP contribution in [0.4, 0.5) is 17.6 Å². The molecule has 1 aromatic carbocycles. The number of aromatic nitrogens is 7. The maximum absolute atomic E-state index is 4.39. The summed E-state index contributed by atoms with van der Waals surface area (Å²) < 4.78 is 1.47. The first-order valence-electron chi connectivity index (χ1n) is 7.23. The Hall–Kier alpha value is -3.62. The Kier molecular flexibility index (Phi) is 3.43. The first kappa shape index (κ1) is 14.0. The van der Waals surface area contributed by atoms with Gasteiger partial charge in [-0.3, -0.25) is 4.98 Å². The number of nitrogens with zero attached hydrogens (tertiary/aromatic N) is 7. The third-order valence-electron chi connectivity index (χ3n) is 3.36. The molecule has 3 heterocycles. The molecule has 24 heavy (non-hydrogen) atoms.